The van der Waals surface area contributed by atoms with E-state index in [0.717, 1.165) is 35.5 Å². The number of carbonyl (C=O) groups is 3. The topological polar surface area (TPSA) is 60.9 Å². The Morgan fingerprint density at radius 1 is 0.957 bits per heavy atom. The van der Waals surface area contributed by atoms with Crippen molar-refractivity contribution >= 4 is 17.8 Å². The molecule has 2 fully saturated rings. The van der Waals surface area contributed by atoms with Crippen molar-refractivity contribution in [3.05, 3.63) is 23.8 Å². The number of urea groups is 1. The van der Waals surface area contributed by atoms with Crippen molar-refractivity contribution in [2.45, 2.75) is 31.7 Å². The van der Waals surface area contributed by atoms with Crippen molar-refractivity contribution in [1.29, 1.82) is 0 Å². The highest BCUT2D eigenvalue weighted by atomic mass is 16.2. The van der Waals surface area contributed by atoms with Crippen LogP contribution in [0.1, 0.15) is 25.7 Å². The number of nitrogens with zero attached hydrogens (tertiary/aromatic N) is 3. The van der Waals surface area contributed by atoms with Crippen molar-refractivity contribution < 1.29 is 14.4 Å². The molecule has 0 unspecified atom stereocenters. The minimum absolute atomic E-state index is 0.0350. The van der Waals surface area contributed by atoms with Gasteiger partial charge in [-0.3, -0.25) is 19.4 Å². The number of barbiturate groups is 1. The third-order valence-electron chi connectivity index (χ3n) is 4.76. The smallest absolute Gasteiger partial charge is 0.306 e. The molecule has 1 heterocycles. The third-order valence-corrected chi connectivity index (χ3v) is 4.76. The van der Waals surface area contributed by atoms with Crippen molar-refractivity contribution in [3.8, 4) is 0 Å². The van der Waals surface area contributed by atoms with Crippen LogP contribution >= 0.6 is 0 Å². The fraction of sp³-hybridized carbons (Fsp3) is 0.588. The van der Waals surface area contributed by atoms with E-state index in [-0.39, 0.29) is 5.57 Å². The van der Waals surface area contributed by atoms with Gasteiger partial charge in [-0.05, 0) is 51.8 Å². The number of rotatable bonds is 3. The van der Waals surface area contributed by atoms with E-state index in [1.807, 2.05) is 0 Å². The number of imide groups is 2. The molecule has 0 atom stereocenters. The first-order valence-corrected chi connectivity index (χ1v) is 7.98. The molecule has 1 aliphatic heterocycles. The fourth-order valence-corrected chi connectivity index (χ4v) is 3.11. The lowest BCUT2D eigenvalue weighted by Gasteiger charge is -2.31. The lowest BCUT2D eigenvalue weighted by atomic mass is 9.85. The van der Waals surface area contributed by atoms with Gasteiger partial charge in [0.25, 0.3) is 11.8 Å². The van der Waals surface area contributed by atoms with Gasteiger partial charge >= 0.3 is 6.03 Å². The normalized spacial score (nSPS) is 26.7. The summed E-state index contributed by atoms with van der Waals surface area (Å²) in [5, 5.41) is 0. The Kier molecular flexibility index (Phi) is 5.36. The van der Waals surface area contributed by atoms with E-state index in [4.69, 9.17) is 0 Å². The molecule has 0 aromatic carbocycles. The molecule has 1 aliphatic carbocycles. The van der Waals surface area contributed by atoms with Gasteiger partial charge in [-0.25, -0.2) is 4.79 Å². The molecule has 2 aliphatic rings. The summed E-state index contributed by atoms with van der Waals surface area (Å²) in [6, 6.07) is 0.0518. The van der Waals surface area contributed by atoms with Crippen LogP contribution in [0.3, 0.4) is 0 Å². The minimum atomic E-state index is -0.594. The molecule has 6 heteroatoms. The summed E-state index contributed by atoms with van der Waals surface area (Å²) in [5.74, 6) is -0.605. The van der Waals surface area contributed by atoms with E-state index in [1.54, 1.807) is 6.08 Å². The van der Waals surface area contributed by atoms with Crippen LogP contribution in [0.15, 0.2) is 23.8 Å². The highest BCUT2D eigenvalue weighted by Gasteiger charge is 2.37. The van der Waals surface area contributed by atoms with Crippen LogP contribution in [0.25, 0.3) is 0 Å². The molecule has 0 radical (unpaired) electrons. The molecule has 6 nitrogen and oxygen atoms in total. The zero-order valence-electron chi connectivity index (χ0n) is 14.3. The van der Waals surface area contributed by atoms with Gasteiger partial charge in [-0.1, -0.05) is 12.2 Å². The molecule has 4 amide bonds. The van der Waals surface area contributed by atoms with Crippen LogP contribution in [0.5, 0.6) is 0 Å². The SMILES string of the molecule is CN1C(=O)C(=C/C=C/C2CCC(N(C)C)CC2)C(=O)N(C)C1=O. The molecular formula is C17H25N3O3. The minimum Gasteiger partial charge on any atom is -0.306 e. The van der Waals surface area contributed by atoms with E-state index >= 15 is 0 Å². The monoisotopic (exact) mass is 319 g/mol. The third kappa shape index (κ3) is 3.69. The lowest BCUT2D eigenvalue weighted by molar-refractivity contribution is -0.134. The number of allylic oxidation sites excluding steroid dienone is 3. The predicted molar refractivity (Wildman–Crippen MR) is 87.6 cm³/mol. The van der Waals surface area contributed by atoms with Crippen molar-refractivity contribution in [1.82, 2.24) is 14.7 Å². The molecular weight excluding hydrogens is 294 g/mol. The second kappa shape index (κ2) is 7.08. The van der Waals surface area contributed by atoms with Crippen molar-refractivity contribution in [2.24, 2.45) is 5.92 Å². The van der Waals surface area contributed by atoms with E-state index in [2.05, 4.69) is 25.1 Å². The maximum Gasteiger partial charge on any atom is 0.333 e. The lowest BCUT2D eigenvalue weighted by Crippen LogP contribution is -2.52. The van der Waals surface area contributed by atoms with Crippen LogP contribution in [0.4, 0.5) is 4.79 Å². The Bertz CT molecular complexity index is 531. The quantitative estimate of drug-likeness (QED) is 0.586. The number of hydrogen-bond donors (Lipinski definition) is 0. The summed E-state index contributed by atoms with van der Waals surface area (Å²) in [5.41, 5.74) is 0.0350. The zero-order chi connectivity index (χ0) is 17.1. The first kappa shape index (κ1) is 17.4. The van der Waals surface area contributed by atoms with Gasteiger partial charge in [0.2, 0.25) is 0 Å². The largest absolute Gasteiger partial charge is 0.333 e. The Morgan fingerprint density at radius 3 is 1.96 bits per heavy atom. The molecule has 0 aromatic rings. The van der Waals surface area contributed by atoms with Crippen molar-refractivity contribution in [3.63, 3.8) is 0 Å². The average molecular weight is 319 g/mol. The van der Waals surface area contributed by atoms with E-state index in [0.29, 0.717) is 12.0 Å². The molecule has 126 valence electrons. The second-order valence-corrected chi connectivity index (χ2v) is 6.51. The van der Waals surface area contributed by atoms with Gasteiger partial charge < -0.3 is 4.90 Å². The maximum absolute atomic E-state index is 12.0. The summed E-state index contributed by atoms with van der Waals surface area (Å²) in [6.07, 6.45) is 9.93. The molecule has 0 N–H and O–H groups in total. The summed E-state index contributed by atoms with van der Waals surface area (Å²) in [6.45, 7) is 0. The number of likely N-dealkylation sites (N-methyl/N-ethyl adjacent to an activating group) is 2. The summed E-state index contributed by atoms with van der Waals surface area (Å²) >= 11 is 0. The van der Waals surface area contributed by atoms with Crippen LogP contribution in [0.2, 0.25) is 0 Å². The molecule has 0 aromatic heterocycles. The van der Waals surface area contributed by atoms with Gasteiger partial charge in [0.1, 0.15) is 5.57 Å². The van der Waals surface area contributed by atoms with Crippen LogP contribution in [0, 0.1) is 5.92 Å². The molecule has 23 heavy (non-hydrogen) atoms. The summed E-state index contributed by atoms with van der Waals surface area (Å²) < 4.78 is 0. The van der Waals surface area contributed by atoms with Crippen LogP contribution in [-0.4, -0.2) is 66.8 Å². The van der Waals surface area contributed by atoms with Gasteiger partial charge in [-0.15, -0.1) is 0 Å². The highest BCUT2D eigenvalue weighted by Crippen LogP contribution is 2.27. The fourth-order valence-electron chi connectivity index (χ4n) is 3.11. The Hall–Kier alpha value is -1.95. The van der Waals surface area contributed by atoms with E-state index in [1.165, 1.54) is 20.2 Å². The van der Waals surface area contributed by atoms with Gasteiger partial charge in [0.15, 0.2) is 0 Å². The first-order chi connectivity index (χ1) is 10.8. The highest BCUT2D eigenvalue weighted by molar-refractivity contribution is 6.28. The molecule has 2 rings (SSSR count). The molecule has 1 saturated carbocycles. The van der Waals surface area contributed by atoms with Crippen molar-refractivity contribution in [2.75, 3.05) is 28.2 Å². The zero-order valence-corrected chi connectivity index (χ0v) is 14.3. The van der Waals surface area contributed by atoms with E-state index < -0.39 is 17.8 Å². The van der Waals surface area contributed by atoms with Gasteiger partial charge in [0.05, 0.1) is 0 Å². The first-order valence-electron chi connectivity index (χ1n) is 7.98. The molecule has 0 spiro atoms. The maximum atomic E-state index is 12.0. The number of hydrogen-bond acceptors (Lipinski definition) is 4. The van der Waals surface area contributed by atoms with Gasteiger partial charge in [-0.2, -0.15) is 0 Å². The van der Waals surface area contributed by atoms with Crippen LogP contribution in [-0.2, 0) is 9.59 Å². The second-order valence-electron chi connectivity index (χ2n) is 6.51. The Balaban J connectivity index is 2.00. The van der Waals surface area contributed by atoms with E-state index in [9.17, 15) is 14.4 Å². The standard InChI is InChI=1S/C17H25N3O3/c1-18(2)13-10-8-12(9-11-13)6-5-7-14-15(21)19(3)17(23)20(4)16(14)22/h5-7,12-13H,8-11H2,1-4H3/b6-5+. The average Bonchev–Trinajstić information content (AvgIpc) is 2.54. The Labute approximate surface area is 137 Å². The molecule has 1 saturated heterocycles. The Morgan fingerprint density at radius 2 is 1.48 bits per heavy atom. The summed E-state index contributed by atoms with van der Waals surface area (Å²) in [7, 11) is 6.99. The van der Waals surface area contributed by atoms with Gasteiger partial charge in [0, 0.05) is 20.1 Å². The number of carbonyl (C=O) groups excluding carboxylic acids is 3. The number of amides is 4. The van der Waals surface area contributed by atoms with Crippen LogP contribution < -0.4 is 0 Å². The summed E-state index contributed by atoms with van der Waals surface area (Å²) in [4.78, 5) is 39.9. The predicted octanol–water partition coefficient (Wildman–Crippen LogP) is 1.64. The molecule has 0 bridgehead atoms.